The molecule has 0 aliphatic heterocycles. The van der Waals surface area contributed by atoms with Crippen molar-refractivity contribution in [2.75, 3.05) is 13.2 Å². The average molecular weight is 383 g/mol. The third kappa shape index (κ3) is 4.97. The first-order valence-electron chi connectivity index (χ1n) is 9.84. The lowest BCUT2D eigenvalue weighted by molar-refractivity contribution is -0.154. The Labute approximate surface area is 165 Å². The molecular formula is C23H26FNO3. The average Bonchev–Trinajstić information content (AvgIpc) is 3.22. The van der Waals surface area contributed by atoms with Crippen LogP contribution in [0.2, 0.25) is 0 Å². The highest BCUT2D eigenvalue weighted by Gasteiger charge is 2.44. The van der Waals surface area contributed by atoms with Crippen molar-refractivity contribution in [3.8, 4) is 0 Å². The third-order valence-electron chi connectivity index (χ3n) is 5.39. The number of benzene rings is 2. The fourth-order valence-corrected chi connectivity index (χ4v) is 3.84. The SMILES string of the molecule is O=C(COC(=O)C1(c2ccc(F)cc2)CCCC1)NCCCc1ccccc1. The van der Waals surface area contributed by atoms with Crippen LogP contribution in [0.25, 0.3) is 0 Å². The first-order chi connectivity index (χ1) is 13.6. The predicted molar refractivity (Wildman–Crippen MR) is 105 cm³/mol. The van der Waals surface area contributed by atoms with E-state index in [0.717, 1.165) is 31.2 Å². The maximum Gasteiger partial charge on any atom is 0.317 e. The van der Waals surface area contributed by atoms with Gasteiger partial charge >= 0.3 is 5.97 Å². The molecule has 28 heavy (non-hydrogen) atoms. The molecule has 2 aromatic rings. The van der Waals surface area contributed by atoms with Gasteiger partial charge in [0.2, 0.25) is 0 Å². The number of aryl methyl sites for hydroxylation is 1. The Kier molecular flexibility index (Phi) is 6.80. The molecule has 1 aliphatic rings. The van der Waals surface area contributed by atoms with Crippen molar-refractivity contribution in [2.24, 2.45) is 0 Å². The molecule has 0 atom stereocenters. The molecule has 0 unspecified atom stereocenters. The Morgan fingerprint density at radius 3 is 2.36 bits per heavy atom. The van der Waals surface area contributed by atoms with Crippen LogP contribution in [0.4, 0.5) is 4.39 Å². The number of halogens is 1. The van der Waals surface area contributed by atoms with Gasteiger partial charge < -0.3 is 10.1 Å². The maximum atomic E-state index is 13.2. The van der Waals surface area contributed by atoms with Gasteiger partial charge in [-0.15, -0.1) is 0 Å². The van der Waals surface area contributed by atoms with E-state index in [-0.39, 0.29) is 18.3 Å². The van der Waals surface area contributed by atoms with Crippen LogP contribution in [-0.4, -0.2) is 25.0 Å². The highest BCUT2D eigenvalue weighted by Crippen LogP contribution is 2.42. The van der Waals surface area contributed by atoms with E-state index in [0.29, 0.717) is 19.4 Å². The second-order valence-electron chi connectivity index (χ2n) is 7.31. The fourth-order valence-electron chi connectivity index (χ4n) is 3.84. The van der Waals surface area contributed by atoms with Crippen LogP contribution in [-0.2, 0) is 26.2 Å². The number of amides is 1. The van der Waals surface area contributed by atoms with E-state index in [1.165, 1.54) is 17.7 Å². The molecule has 1 amide bonds. The van der Waals surface area contributed by atoms with E-state index in [1.807, 2.05) is 18.2 Å². The zero-order valence-electron chi connectivity index (χ0n) is 16.0. The molecule has 0 heterocycles. The number of ether oxygens (including phenoxy) is 1. The van der Waals surface area contributed by atoms with Gasteiger partial charge in [-0.1, -0.05) is 55.3 Å². The van der Waals surface area contributed by atoms with Gasteiger partial charge in [0.05, 0.1) is 5.41 Å². The van der Waals surface area contributed by atoms with Crippen molar-refractivity contribution >= 4 is 11.9 Å². The van der Waals surface area contributed by atoms with E-state index in [1.54, 1.807) is 12.1 Å². The number of rotatable bonds is 8. The second kappa shape index (κ2) is 9.49. The Morgan fingerprint density at radius 2 is 1.68 bits per heavy atom. The van der Waals surface area contributed by atoms with Crippen molar-refractivity contribution in [3.63, 3.8) is 0 Å². The summed E-state index contributed by atoms with van der Waals surface area (Å²) in [5.74, 6) is -1.02. The number of hydrogen-bond donors (Lipinski definition) is 1. The third-order valence-corrected chi connectivity index (χ3v) is 5.39. The molecule has 0 spiro atoms. The second-order valence-corrected chi connectivity index (χ2v) is 7.31. The summed E-state index contributed by atoms with van der Waals surface area (Å²) in [6.45, 7) is 0.251. The van der Waals surface area contributed by atoms with Crippen LogP contribution in [0.15, 0.2) is 54.6 Å². The van der Waals surface area contributed by atoms with Gasteiger partial charge in [0, 0.05) is 6.54 Å². The highest BCUT2D eigenvalue weighted by molar-refractivity contribution is 5.86. The van der Waals surface area contributed by atoms with Gasteiger partial charge in [-0.3, -0.25) is 9.59 Å². The molecule has 0 radical (unpaired) electrons. The summed E-state index contributed by atoms with van der Waals surface area (Å²) in [7, 11) is 0. The lowest BCUT2D eigenvalue weighted by atomic mass is 9.79. The summed E-state index contributed by atoms with van der Waals surface area (Å²) in [6, 6.07) is 16.1. The molecule has 2 aromatic carbocycles. The Balaban J connectivity index is 1.46. The molecule has 1 fully saturated rings. The van der Waals surface area contributed by atoms with Crippen molar-refractivity contribution in [2.45, 2.75) is 43.9 Å². The van der Waals surface area contributed by atoms with Crippen LogP contribution >= 0.6 is 0 Å². The Hall–Kier alpha value is -2.69. The summed E-state index contributed by atoms with van der Waals surface area (Å²) in [4.78, 5) is 24.8. The first kappa shape index (κ1) is 20.1. The van der Waals surface area contributed by atoms with Gasteiger partial charge in [-0.2, -0.15) is 0 Å². The number of nitrogens with one attached hydrogen (secondary N) is 1. The zero-order chi connectivity index (χ0) is 19.8. The summed E-state index contributed by atoms with van der Waals surface area (Å²) in [5.41, 5.74) is 1.23. The monoisotopic (exact) mass is 383 g/mol. The molecule has 1 saturated carbocycles. The van der Waals surface area contributed by atoms with Crippen LogP contribution in [0.3, 0.4) is 0 Å². The predicted octanol–water partition coefficient (Wildman–Crippen LogP) is 3.93. The van der Waals surface area contributed by atoms with E-state index < -0.39 is 11.4 Å². The molecule has 0 bridgehead atoms. The van der Waals surface area contributed by atoms with Crippen molar-refractivity contribution in [3.05, 3.63) is 71.5 Å². The topological polar surface area (TPSA) is 55.4 Å². The molecule has 4 nitrogen and oxygen atoms in total. The smallest absolute Gasteiger partial charge is 0.317 e. The summed E-state index contributed by atoms with van der Waals surface area (Å²) in [6.07, 6.45) is 4.86. The molecule has 1 aliphatic carbocycles. The minimum absolute atomic E-state index is 0.285. The van der Waals surface area contributed by atoms with Crippen LogP contribution in [0.5, 0.6) is 0 Å². The normalized spacial score (nSPS) is 15.2. The molecule has 3 rings (SSSR count). The minimum atomic E-state index is -0.763. The molecule has 1 N–H and O–H groups in total. The summed E-state index contributed by atoms with van der Waals surface area (Å²) >= 11 is 0. The lowest BCUT2D eigenvalue weighted by Gasteiger charge is -2.27. The van der Waals surface area contributed by atoms with Gasteiger partial charge in [-0.25, -0.2) is 4.39 Å². The molecule has 148 valence electrons. The lowest BCUT2D eigenvalue weighted by Crippen LogP contribution is -2.38. The van der Waals surface area contributed by atoms with Crippen molar-refractivity contribution in [1.82, 2.24) is 5.32 Å². The highest BCUT2D eigenvalue weighted by atomic mass is 19.1. The Bertz CT molecular complexity index is 783. The molecule has 0 saturated heterocycles. The molecule has 5 heteroatoms. The van der Waals surface area contributed by atoms with E-state index >= 15 is 0 Å². The largest absolute Gasteiger partial charge is 0.455 e. The van der Waals surface area contributed by atoms with Crippen molar-refractivity contribution in [1.29, 1.82) is 0 Å². The van der Waals surface area contributed by atoms with E-state index in [9.17, 15) is 14.0 Å². The maximum absolute atomic E-state index is 13.2. The van der Waals surface area contributed by atoms with Crippen molar-refractivity contribution < 1.29 is 18.7 Å². The number of hydrogen-bond acceptors (Lipinski definition) is 3. The van der Waals surface area contributed by atoms with Gasteiger partial charge in [0.25, 0.3) is 5.91 Å². The molecular weight excluding hydrogens is 357 g/mol. The van der Waals surface area contributed by atoms with Crippen LogP contribution in [0, 0.1) is 5.82 Å². The quantitative estimate of drug-likeness (QED) is 0.555. The van der Waals surface area contributed by atoms with Gasteiger partial charge in [-0.05, 0) is 48.9 Å². The summed E-state index contributed by atoms with van der Waals surface area (Å²) < 4.78 is 18.6. The number of carbonyl (C=O) groups excluding carboxylic acids is 2. The zero-order valence-corrected chi connectivity index (χ0v) is 16.0. The molecule has 0 aromatic heterocycles. The van der Waals surface area contributed by atoms with E-state index in [2.05, 4.69) is 17.4 Å². The minimum Gasteiger partial charge on any atom is -0.455 e. The van der Waals surface area contributed by atoms with Gasteiger partial charge in [0.15, 0.2) is 6.61 Å². The summed E-state index contributed by atoms with van der Waals surface area (Å²) in [5, 5.41) is 2.79. The first-order valence-corrected chi connectivity index (χ1v) is 9.84. The van der Waals surface area contributed by atoms with Crippen LogP contribution < -0.4 is 5.32 Å². The van der Waals surface area contributed by atoms with E-state index in [4.69, 9.17) is 4.74 Å². The Morgan fingerprint density at radius 1 is 1.00 bits per heavy atom. The van der Waals surface area contributed by atoms with Crippen LogP contribution in [0.1, 0.15) is 43.2 Å². The number of carbonyl (C=O) groups is 2. The fraction of sp³-hybridized carbons (Fsp3) is 0.391. The van der Waals surface area contributed by atoms with Gasteiger partial charge in [0.1, 0.15) is 5.82 Å². The standard InChI is InChI=1S/C23H26FNO3/c24-20-12-10-19(11-13-20)23(14-4-5-15-23)22(27)28-17-21(26)25-16-6-9-18-7-2-1-3-8-18/h1-3,7-8,10-13H,4-6,9,14-17H2,(H,25,26). The number of esters is 1.